The van der Waals surface area contributed by atoms with E-state index in [1.165, 1.54) is 32.1 Å². The van der Waals surface area contributed by atoms with Gasteiger partial charge in [0.05, 0.1) is 0 Å². The Balaban J connectivity index is 1.57. The molecule has 4 heteroatoms. The van der Waals surface area contributed by atoms with Gasteiger partial charge in [0.1, 0.15) is 0 Å². The molecule has 0 spiro atoms. The molecule has 4 nitrogen and oxygen atoms in total. The van der Waals surface area contributed by atoms with Gasteiger partial charge in [-0.05, 0) is 44.6 Å². The Morgan fingerprint density at radius 2 is 2.18 bits per heavy atom. The molecule has 3 rings (SSSR count). The molecule has 1 unspecified atom stereocenters. The van der Waals surface area contributed by atoms with Gasteiger partial charge in [-0.15, -0.1) is 0 Å². The Morgan fingerprint density at radius 3 is 2.82 bits per heavy atom. The first-order valence-corrected chi connectivity index (χ1v) is 6.92. The minimum atomic E-state index is 0.544. The quantitative estimate of drug-likeness (QED) is 0.787. The van der Waals surface area contributed by atoms with Crippen molar-refractivity contribution in [3.05, 3.63) is 11.7 Å². The zero-order valence-corrected chi connectivity index (χ0v) is 10.5. The van der Waals surface area contributed by atoms with Crippen molar-refractivity contribution >= 4 is 0 Å². The van der Waals surface area contributed by atoms with Crippen LogP contribution in [0.15, 0.2) is 4.52 Å². The van der Waals surface area contributed by atoms with Gasteiger partial charge in [-0.1, -0.05) is 12.1 Å². The Hall–Kier alpha value is -0.900. The van der Waals surface area contributed by atoms with Crippen LogP contribution >= 0.6 is 0 Å². The summed E-state index contributed by atoms with van der Waals surface area (Å²) in [6.07, 6.45) is 7.26. The Kier molecular flexibility index (Phi) is 3.14. The average Bonchev–Trinajstić information content (AvgIpc) is 3.23. The molecule has 17 heavy (non-hydrogen) atoms. The molecule has 0 aromatic carbocycles. The minimum Gasteiger partial charge on any atom is -0.339 e. The third kappa shape index (κ3) is 2.86. The molecule has 1 aromatic heterocycles. The molecular weight excluding hydrogens is 214 g/mol. The van der Waals surface area contributed by atoms with Gasteiger partial charge >= 0.3 is 0 Å². The van der Waals surface area contributed by atoms with Crippen LogP contribution in [0.3, 0.4) is 0 Å². The molecule has 0 radical (unpaired) electrons. The van der Waals surface area contributed by atoms with E-state index in [0.29, 0.717) is 12.0 Å². The lowest BCUT2D eigenvalue weighted by Gasteiger charge is -2.15. The molecule has 94 valence electrons. The van der Waals surface area contributed by atoms with Crippen molar-refractivity contribution < 1.29 is 4.52 Å². The van der Waals surface area contributed by atoms with Crippen LogP contribution in [0.25, 0.3) is 0 Å². The van der Waals surface area contributed by atoms with Gasteiger partial charge in [0.15, 0.2) is 5.82 Å². The van der Waals surface area contributed by atoms with Gasteiger partial charge in [-0.3, -0.25) is 0 Å². The topological polar surface area (TPSA) is 51.0 Å². The molecular formula is C13H21N3O. The Morgan fingerprint density at radius 1 is 1.35 bits per heavy atom. The van der Waals surface area contributed by atoms with Crippen LogP contribution in [0.5, 0.6) is 0 Å². The van der Waals surface area contributed by atoms with Gasteiger partial charge in [0.2, 0.25) is 5.89 Å². The van der Waals surface area contributed by atoms with Crippen molar-refractivity contribution in [2.45, 2.75) is 57.4 Å². The van der Waals surface area contributed by atoms with Crippen LogP contribution in [-0.4, -0.2) is 22.7 Å². The van der Waals surface area contributed by atoms with Gasteiger partial charge in [-0.25, -0.2) is 0 Å². The van der Waals surface area contributed by atoms with E-state index in [2.05, 4.69) is 22.4 Å². The molecule has 1 atom stereocenters. The number of rotatable bonds is 7. The summed E-state index contributed by atoms with van der Waals surface area (Å²) < 4.78 is 5.35. The lowest BCUT2D eigenvalue weighted by Crippen LogP contribution is -2.33. The summed E-state index contributed by atoms with van der Waals surface area (Å²) in [5, 5.41) is 7.68. The van der Waals surface area contributed by atoms with Crippen LogP contribution in [-0.2, 0) is 6.42 Å². The van der Waals surface area contributed by atoms with E-state index in [9.17, 15) is 0 Å². The fourth-order valence-electron chi connectivity index (χ4n) is 2.28. The highest BCUT2D eigenvalue weighted by molar-refractivity contribution is 5.04. The van der Waals surface area contributed by atoms with Crippen molar-refractivity contribution in [1.82, 2.24) is 15.5 Å². The molecule has 2 aliphatic carbocycles. The minimum absolute atomic E-state index is 0.544. The predicted molar refractivity (Wildman–Crippen MR) is 64.8 cm³/mol. The summed E-state index contributed by atoms with van der Waals surface area (Å²) in [5.74, 6) is 3.19. The molecule has 0 aliphatic heterocycles. The molecule has 1 aromatic rings. The van der Waals surface area contributed by atoms with Crippen molar-refractivity contribution in [3.8, 4) is 0 Å². The fraction of sp³-hybridized carbons (Fsp3) is 0.846. The maximum atomic E-state index is 5.35. The smallest absolute Gasteiger partial charge is 0.228 e. The van der Waals surface area contributed by atoms with E-state index in [-0.39, 0.29) is 0 Å². The van der Waals surface area contributed by atoms with E-state index >= 15 is 0 Å². The summed E-state index contributed by atoms with van der Waals surface area (Å²) >= 11 is 0. The molecule has 2 saturated carbocycles. The zero-order chi connectivity index (χ0) is 11.7. The monoisotopic (exact) mass is 235 g/mol. The van der Waals surface area contributed by atoms with E-state index in [1.807, 2.05) is 0 Å². The van der Waals surface area contributed by atoms with Crippen molar-refractivity contribution in [1.29, 1.82) is 0 Å². The first kappa shape index (κ1) is 11.2. The first-order chi connectivity index (χ1) is 8.36. The Labute approximate surface area is 102 Å². The van der Waals surface area contributed by atoms with Gasteiger partial charge < -0.3 is 9.84 Å². The Bertz CT molecular complexity index is 368. The zero-order valence-electron chi connectivity index (χ0n) is 10.5. The molecule has 0 amide bonds. The van der Waals surface area contributed by atoms with E-state index in [1.54, 1.807) is 0 Å². The highest BCUT2D eigenvalue weighted by atomic mass is 16.5. The standard InChI is InChI=1S/C13H21N3O/c1-2-7-14-11(9-3-4-9)8-12-15-13(16-17-12)10-5-6-10/h9-11,14H,2-8H2,1H3. The molecule has 2 aliphatic rings. The van der Waals surface area contributed by atoms with Crippen molar-refractivity contribution in [3.63, 3.8) is 0 Å². The molecule has 0 bridgehead atoms. The average molecular weight is 235 g/mol. The highest BCUT2D eigenvalue weighted by Gasteiger charge is 2.33. The second kappa shape index (κ2) is 4.77. The van der Waals surface area contributed by atoms with Crippen LogP contribution in [0.1, 0.15) is 56.7 Å². The maximum Gasteiger partial charge on any atom is 0.228 e. The third-order valence-corrected chi connectivity index (χ3v) is 3.67. The lowest BCUT2D eigenvalue weighted by atomic mass is 10.1. The normalized spacial score (nSPS) is 21.7. The maximum absolute atomic E-state index is 5.35. The highest BCUT2D eigenvalue weighted by Crippen LogP contribution is 2.38. The van der Waals surface area contributed by atoms with Crippen LogP contribution in [0.2, 0.25) is 0 Å². The van der Waals surface area contributed by atoms with Gasteiger partial charge in [0.25, 0.3) is 0 Å². The summed E-state index contributed by atoms with van der Waals surface area (Å²) in [4.78, 5) is 4.51. The number of aromatic nitrogens is 2. The molecule has 1 N–H and O–H groups in total. The number of nitrogens with one attached hydrogen (secondary N) is 1. The second-order valence-electron chi connectivity index (χ2n) is 5.42. The van der Waals surface area contributed by atoms with Crippen LogP contribution in [0.4, 0.5) is 0 Å². The second-order valence-corrected chi connectivity index (χ2v) is 5.42. The first-order valence-electron chi connectivity index (χ1n) is 6.92. The van der Waals surface area contributed by atoms with Crippen molar-refractivity contribution in [2.24, 2.45) is 5.92 Å². The van der Waals surface area contributed by atoms with E-state index in [0.717, 1.165) is 30.6 Å². The number of hydrogen-bond acceptors (Lipinski definition) is 4. The lowest BCUT2D eigenvalue weighted by molar-refractivity contribution is 0.343. The van der Waals surface area contributed by atoms with E-state index in [4.69, 9.17) is 4.52 Å². The van der Waals surface area contributed by atoms with Crippen molar-refractivity contribution in [2.75, 3.05) is 6.54 Å². The largest absolute Gasteiger partial charge is 0.339 e. The predicted octanol–water partition coefficient (Wildman–Crippen LogP) is 2.27. The number of hydrogen-bond donors (Lipinski definition) is 1. The molecule has 0 saturated heterocycles. The van der Waals surface area contributed by atoms with Crippen LogP contribution in [0, 0.1) is 5.92 Å². The SMILES string of the molecule is CCCNC(Cc1nc(C2CC2)no1)C1CC1. The van der Waals surface area contributed by atoms with Gasteiger partial charge in [0, 0.05) is 18.4 Å². The summed E-state index contributed by atoms with van der Waals surface area (Å²) in [5.41, 5.74) is 0. The summed E-state index contributed by atoms with van der Waals surface area (Å²) in [6, 6.07) is 0.544. The molecule has 1 heterocycles. The number of nitrogens with zero attached hydrogens (tertiary/aromatic N) is 2. The summed E-state index contributed by atoms with van der Waals surface area (Å²) in [7, 11) is 0. The van der Waals surface area contributed by atoms with Gasteiger partial charge in [-0.2, -0.15) is 4.98 Å². The molecule has 2 fully saturated rings. The summed E-state index contributed by atoms with van der Waals surface area (Å²) in [6.45, 7) is 3.29. The fourth-order valence-corrected chi connectivity index (χ4v) is 2.28. The third-order valence-electron chi connectivity index (χ3n) is 3.67. The van der Waals surface area contributed by atoms with Crippen LogP contribution < -0.4 is 5.32 Å². The van der Waals surface area contributed by atoms with E-state index < -0.39 is 0 Å².